The second kappa shape index (κ2) is 5.88. The molecule has 0 bridgehead atoms. The maximum atomic E-state index is 10.8. The first-order valence-corrected chi connectivity index (χ1v) is 5.96. The summed E-state index contributed by atoms with van der Waals surface area (Å²) in [4.78, 5) is 21.6. The van der Waals surface area contributed by atoms with Crippen LogP contribution in [0.25, 0.3) is 0 Å². The zero-order chi connectivity index (χ0) is 14.5. The Labute approximate surface area is 115 Å². The van der Waals surface area contributed by atoms with Crippen LogP contribution in [0.2, 0.25) is 0 Å². The van der Waals surface area contributed by atoms with Crippen molar-refractivity contribution < 1.29 is 19.8 Å². The van der Waals surface area contributed by atoms with Crippen LogP contribution in [0.1, 0.15) is 26.3 Å². The lowest BCUT2D eigenvalue weighted by Crippen LogP contribution is -2.02. The van der Waals surface area contributed by atoms with Crippen molar-refractivity contribution in [2.45, 2.75) is 6.54 Å². The summed E-state index contributed by atoms with van der Waals surface area (Å²) in [6.07, 6.45) is 0. The number of aromatic carboxylic acids is 2. The van der Waals surface area contributed by atoms with Gasteiger partial charge in [-0.15, -0.1) is 0 Å². The number of anilines is 1. The van der Waals surface area contributed by atoms with Crippen LogP contribution in [0.5, 0.6) is 0 Å². The van der Waals surface area contributed by atoms with Crippen LogP contribution in [0, 0.1) is 0 Å². The molecule has 0 atom stereocenters. The van der Waals surface area contributed by atoms with Crippen molar-refractivity contribution in [2.24, 2.45) is 0 Å². The van der Waals surface area contributed by atoms with Gasteiger partial charge >= 0.3 is 11.9 Å². The van der Waals surface area contributed by atoms with Crippen LogP contribution < -0.4 is 5.32 Å². The molecule has 0 amide bonds. The molecule has 20 heavy (non-hydrogen) atoms. The molecule has 0 unspecified atom stereocenters. The molecule has 0 aliphatic carbocycles. The van der Waals surface area contributed by atoms with Gasteiger partial charge in [-0.05, 0) is 35.9 Å². The molecule has 0 radical (unpaired) electrons. The minimum absolute atomic E-state index is 0.219. The number of rotatable bonds is 5. The molecule has 3 N–H and O–H groups in total. The summed E-state index contributed by atoms with van der Waals surface area (Å²) in [6, 6.07) is 13.0. The fourth-order valence-corrected chi connectivity index (χ4v) is 1.73. The molecular weight excluding hydrogens is 258 g/mol. The molecule has 0 aromatic heterocycles. The molecule has 5 heteroatoms. The van der Waals surface area contributed by atoms with E-state index in [1.165, 1.54) is 18.2 Å². The zero-order valence-corrected chi connectivity index (χ0v) is 10.5. The maximum absolute atomic E-state index is 10.8. The largest absolute Gasteiger partial charge is 0.478 e. The Morgan fingerprint density at radius 2 is 1.55 bits per heavy atom. The number of hydrogen-bond acceptors (Lipinski definition) is 3. The molecule has 2 aromatic rings. The van der Waals surface area contributed by atoms with Gasteiger partial charge in [-0.25, -0.2) is 9.59 Å². The summed E-state index contributed by atoms with van der Waals surface area (Å²) < 4.78 is 0. The van der Waals surface area contributed by atoms with Gasteiger partial charge in [0.2, 0.25) is 0 Å². The Morgan fingerprint density at radius 1 is 0.900 bits per heavy atom. The zero-order valence-electron chi connectivity index (χ0n) is 10.5. The van der Waals surface area contributed by atoms with E-state index in [-0.39, 0.29) is 11.1 Å². The number of carbonyl (C=O) groups is 2. The smallest absolute Gasteiger partial charge is 0.335 e. The molecule has 0 fully saturated rings. The van der Waals surface area contributed by atoms with Gasteiger partial charge in [-0.3, -0.25) is 0 Å². The first kappa shape index (κ1) is 13.6. The second-order valence-electron chi connectivity index (χ2n) is 4.24. The van der Waals surface area contributed by atoms with Crippen LogP contribution in [-0.2, 0) is 6.54 Å². The van der Waals surface area contributed by atoms with Gasteiger partial charge in [0.25, 0.3) is 0 Å². The number of benzene rings is 2. The monoisotopic (exact) mass is 271 g/mol. The average Bonchev–Trinajstić information content (AvgIpc) is 2.46. The summed E-state index contributed by atoms with van der Waals surface area (Å²) in [5.74, 6) is -1.93. The molecule has 0 saturated heterocycles. The van der Waals surface area contributed by atoms with E-state index < -0.39 is 11.9 Å². The van der Waals surface area contributed by atoms with Crippen molar-refractivity contribution in [1.29, 1.82) is 0 Å². The van der Waals surface area contributed by atoms with E-state index in [4.69, 9.17) is 10.2 Å². The van der Waals surface area contributed by atoms with Gasteiger partial charge in [-0.2, -0.15) is 0 Å². The molecule has 0 saturated carbocycles. The minimum atomic E-state index is -0.973. The summed E-state index contributed by atoms with van der Waals surface area (Å²) in [6.45, 7) is 0.489. The average molecular weight is 271 g/mol. The summed E-state index contributed by atoms with van der Waals surface area (Å²) in [5.41, 5.74) is 2.07. The number of hydrogen-bond donors (Lipinski definition) is 3. The molecular formula is C15H13NO4. The maximum Gasteiger partial charge on any atom is 0.335 e. The number of nitrogens with one attached hydrogen (secondary N) is 1. The van der Waals surface area contributed by atoms with Gasteiger partial charge in [0.05, 0.1) is 11.1 Å². The highest BCUT2D eigenvalue weighted by Crippen LogP contribution is 2.13. The van der Waals surface area contributed by atoms with Gasteiger partial charge < -0.3 is 15.5 Å². The minimum Gasteiger partial charge on any atom is -0.478 e. The van der Waals surface area contributed by atoms with Crippen molar-refractivity contribution in [2.75, 3.05) is 5.32 Å². The van der Waals surface area contributed by atoms with Crippen LogP contribution in [-0.4, -0.2) is 22.2 Å². The lowest BCUT2D eigenvalue weighted by atomic mass is 10.1. The molecule has 0 spiro atoms. The third kappa shape index (κ3) is 3.35. The highest BCUT2D eigenvalue weighted by molar-refractivity contribution is 5.89. The van der Waals surface area contributed by atoms with Crippen molar-refractivity contribution in [3.63, 3.8) is 0 Å². The van der Waals surface area contributed by atoms with E-state index >= 15 is 0 Å². The van der Waals surface area contributed by atoms with Gasteiger partial charge in [0.1, 0.15) is 0 Å². The molecule has 2 aromatic carbocycles. The lowest BCUT2D eigenvalue weighted by molar-refractivity contribution is 0.0686. The normalized spacial score (nSPS) is 10.0. The predicted octanol–water partition coefficient (Wildman–Crippen LogP) is 2.70. The fraction of sp³-hybridized carbons (Fsp3) is 0.0667. The molecule has 0 heterocycles. The Balaban J connectivity index is 2.03. The van der Waals surface area contributed by atoms with Crippen LogP contribution in [0.15, 0.2) is 48.5 Å². The summed E-state index contributed by atoms with van der Waals surface area (Å²) in [5, 5.41) is 20.8. The molecule has 5 nitrogen and oxygen atoms in total. The molecule has 0 aliphatic heterocycles. The SMILES string of the molecule is O=C(O)c1ccc(CNc2cccc(C(=O)O)c2)cc1. The topological polar surface area (TPSA) is 86.6 Å². The Kier molecular flexibility index (Phi) is 4.00. The Morgan fingerprint density at radius 3 is 2.15 bits per heavy atom. The second-order valence-corrected chi connectivity index (χ2v) is 4.24. The molecule has 2 rings (SSSR count). The fourth-order valence-electron chi connectivity index (χ4n) is 1.73. The summed E-state index contributed by atoms with van der Waals surface area (Å²) >= 11 is 0. The molecule has 0 aliphatic rings. The van der Waals surface area contributed by atoms with Crippen molar-refractivity contribution >= 4 is 17.6 Å². The van der Waals surface area contributed by atoms with Crippen molar-refractivity contribution in [1.82, 2.24) is 0 Å². The van der Waals surface area contributed by atoms with Crippen LogP contribution >= 0.6 is 0 Å². The Hall–Kier alpha value is -2.82. The number of carboxylic acids is 2. The van der Waals surface area contributed by atoms with Crippen LogP contribution in [0.4, 0.5) is 5.69 Å². The quantitative estimate of drug-likeness (QED) is 0.778. The third-order valence-corrected chi connectivity index (χ3v) is 2.81. The van der Waals surface area contributed by atoms with E-state index in [0.717, 1.165) is 5.56 Å². The summed E-state index contributed by atoms with van der Waals surface area (Å²) in [7, 11) is 0. The van der Waals surface area contributed by atoms with E-state index in [1.54, 1.807) is 30.3 Å². The lowest BCUT2D eigenvalue weighted by Gasteiger charge is -2.07. The van der Waals surface area contributed by atoms with Gasteiger partial charge in [0.15, 0.2) is 0 Å². The van der Waals surface area contributed by atoms with Gasteiger partial charge in [-0.1, -0.05) is 18.2 Å². The van der Waals surface area contributed by atoms with E-state index in [0.29, 0.717) is 12.2 Å². The van der Waals surface area contributed by atoms with E-state index in [9.17, 15) is 9.59 Å². The Bertz CT molecular complexity index is 635. The highest BCUT2D eigenvalue weighted by atomic mass is 16.4. The predicted molar refractivity (Wildman–Crippen MR) is 74.1 cm³/mol. The first-order chi connectivity index (χ1) is 9.56. The third-order valence-electron chi connectivity index (χ3n) is 2.81. The highest BCUT2D eigenvalue weighted by Gasteiger charge is 2.04. The van der Waals surface area contributed by atoms with Crippen LogP contribution in [0.3, 0.4) is 0 Å². The number of carboxylic acid groups (broad SMARTS) is 2. The first-order valence-electron chi connectivity index (χ1n) is 5.96. The van der Waals surface area contributed by atoms with E-state index in [1.807, 2.05) is 0 Å². The standard InChI is InChI=1S/C15H13NO4/c17-14(18)11-6-4-10(5-7-11)9-16-13-3-1-2-12(8-13)15(19)20/h1-8,16H,9H2,(H,17,18)(H,19,20). The van der Waals surface area contributed by atoms with Crippen molar-refractivity contribution in [3.05, 3.63) is 65.2 Å². The van der Waals surface area contributed by atoms with E-state index in [2.05, 4.69) is 5.32 Å². The van der Waals surface area contributed by atoms with Crippen molar-refractivity contribution in [3.8, 4) is 0 Å². The molecule has 102 valence electrons. The van der Waals surface area contributed by atoms with Gasteiger partial charge in [0, 0.05) is 12.2 Å².